The zero-order valence-electron chi connectivity index (χ0n) is 15.9. The molecule has 1 aliphatic heterocycles. The molecule has 1 aromatic rings. The van der Waals surface area contributed by atoms with Gasteiger partial charge in [-0.1, -0.05) is 32.9 Å². The predicted molar refractivity (Wildman–Crippen MR) is 95.0 cm³/mol. The molecule has 1 fully saturated rings. The molecule has 0 bridgehead atoms. The highest BCUT2D eigenvalue weighted by molar-refractivity contribution is 6.04. The Kier molecular flexibility index (Phi) is 5.35. The van der Waals surface area contributed by atoms with E-state index in [0.29, 0.717) is 0 Å². The summed E-state index contributed by atoms with van der Waals surface area (Å²) in [6, 6.07) is 3.36. The van der Waals surface area contributed by atoms with Crippen molar-refractivity contribution in [2.75, 3.05) is 0 Å². The number of aryl methyl sites for hydroxylation is 2. The van der Waals surface area contributed by atoms with Crippen LogP contribution < -0.4 is 0 Å². The third-order valence-corrected chi connectivity index (χ3v) is 4.74. The number of hydrogen-bond acceptors (Lipinski definition) is 4. The van der Waals surface area contributed by atoms with Gasteiger partial charge in [0, 0.05) is 12.8 Å². The molecule has 1 unspecified atom stereocenters. The molecular weight excluding hydrogens is 318 g/mol. The van der Waals surface area contributed by atoms with Crippen molar-refractivity contribution >= 4 is 17.8 Å². The maximum absolute atomic E-state index is 12.3. The summed E-state index contributed by atoms with van der Waals surface area (Å²) in [7, 11) is 0. The zero-order chi connectivity index (χ0) is 18.9. The molecule has 0 N–H and O–H groups in total. The minimum absolute atomic E-state index is 0.0513. The molecule has 1 heterocycles. The van der Waals surface area contributed by atoms with Gasteiger partial charge in [0.1, 0.15) is 12.6 Å². The van der Waals surface area contributed by atoms with Gasteiger partial charge < -0.3 is 4.74 Å². The van der Waals surface area contributed by atoms with Crippen molar-refractivity contribution in [3.8, 4) is 0 Å². The van der Waals surface area contributed by atoms with E-state index < -0.39 is 12.0 Å². The Labute approximate surface area is 149 Å². The second kappa shape index (κ2) is 6.98. The number of carbonyl (C=O) groups excluding carboxylic acids is 3. The Bertz CT molecular complexity index is 676. The van der Waals surface area contributed by atoms with Crippen LogP contribution in [-0.4, -0.2) is 28.7 Å². The monoisotopic (exact) mass is 345 g/mol. The SMILES string of the molecule is Cc1cc(C(C)(C)C)cc(C)c1COC(=O)C(C)N1C(=O)CCC1=O. The van der Waals surface area contributed by atoms with Gasteiger partial charge in [0.15, 0.2) is 0 Å². The third kappa shape index (κ3) is 4.09. The lowest BCUT2D eigenvalue weighted by molar-refractivity contribution is -0.158. The number of imide groups is 1. The number of amides is 2. The fourth-order valence-corrected chi connectivity index (χ4v) is 3.05. The summed E-state index contributed by atoms with van der Waals surface area (Å²) in [6.45, 7) is 12.2. The Morgan fingerprint density at radius 3 is 2.04 bits per heavy atom. The molecule has 0 aliphatic carbocycles. The van der Waals surface area contributed by atoms with E-state index in [1.807, 2.05) is 13.8 Å². The van der Waals surface area contributed by atoms with E-state index in [4.69, 9.17) is 4.74 Å². The summed E-state index contributed by atoms with van der Waals surface area (Å²) in [5.74, 6) is -1.17. The van der Waals surface area contributed by atoms with Crippen molar-refractivity contribution in [1.82, 2.24) is 4.90 Å². The van der Waals surface area contributed by atoms with Crippen LogP contribution in [0.2, 0.25) is 0 Å². The average Bonchev–Trinajstić information content (AvgIpc) is 2.83. The van der Waals surface area contributed by atoms with E-state index >= 15 is 0 Å². The highest BCUT2D eigenvalue weighted by Crippen LogP contribution is 2.27. The first kappa shape index (κ1) is 19.2. The highest BCUT2D eigenvalue weighted by atomic mass is 16.5. The largest absolute Gasteiger partial charge is 0.459 e. The molecule has 5 heteroatoms. The first-order chi connectivity index (χ1) is 11.5. The molecule has 2 rings (SSSR count). The lowest BCUT2D eigenvalue weighted by atomic mass is 9.84. The van der Waals surface area contributed by atoms with E-state index in [9.17, 15) is 14.4 Å². The fraction of sp³-hybridized carbons (Fsp3) is 0.550. The number of nitrogens with zero attached hydrogens (tertiary/aromatic N) is 1. The Morgan fingerprint density at radius 2 is 1.60 bits per heavy atom. The van der Waals surface area contributed by atoms with Crippen LogP contribution in [0.4, 0.5) is 0 Å². The van der Waals surface area contributed by atoms with Crippen LogP contribution in [0.25, 0.3) is 0 Å². The molecule has 0 saturated carbocycles. The second-order valence-electron chi connectivity index (χ2n) is 7.78. The summed E-state index contributed by atoms with van der Waals surface area (Å²) in [6.07, 6.45) is 0.339. The second-order valence-corrected chi connectivity index (χ2v) is 7.78. The van der Waals surface area contributed by atoms with Gasteiger partial charge in [-0.25, -0.2) is 4.79 Å². The zero-order valence-corrected chi connectivity index (χ0v) is 15.9. The number of benzene rings is 1. The number of carbonyl (C=O) groups is 3. The molecule has 25 heavy (non-hydrogen) atoms. The lowest BCUT2D eigenvalue weighted by Gasteiger charge is -2.23. The normalized spacial score (nSPS) is 16.3. The van der Waals surface area contributed by atoms with Crippen molar-refractivity contribution < 1.29 is 19.1 Å². The van der Waals surface area contributed by atoms with Gasteiger partial charge >= 0.3 is 5.97 Å². The molecule has 0 aromatic heterocycles. The van der Waals surface area contributed by atoms with Crippen LogP contribution in [0.5, 0.6) is 0 Å². The maximum Gasteiger partial charge on any atom is 0.329 e. The fourth-order valence-electron chi connectivity index (χ4n) is 3.05. The van der Waals surface area contributed by atoms with Crippen LogP contribution in [0, 0.1) is 13.8 Å². The molecule has 0 radical (unpaired) electrons. The molecule has 136 valence electrons. The quantitative estimate of drug-likeness (QED) is 0.621. The number of ether oxygens (including phenoxy) is 1. The summed E-state index contributed by atoms with van der Waals surface area (Å²) in [5.41, 5.74) is 4.39. The van der Waals surface area contributed by atoms with Crippen molar-refractivity contribution in [1.29, 1.82) is 0 Å². The van der Waals surface area contributed by atoms with Crippen LogP contribution in [0.1, 0.15) is 62.8 Å². The van der Waals surface area contributed by atoms with Crippen molar-refractivity contribution in [3.05, 3.63) is 34.4 Å². The van der Waals surface area contributed by atoms with Gasteiger partial charge in [-0.05, 0) is 48.4 Å². The maximum atomic E-state index is 12.3. The minimum atomic E-state index is -0.878. The third-order valence-electron chi connectivity index (χ3n) is 4.74. The molecule has 0 spiro atoms. The molecule has 5 nitrogen and oxygen atoms in total. The minimum Gasteiger partial charge on any atom is -0.459 e. The van der Waals surface area contributed by atoms with E-state index in [-0.39, 0.29) is 36.7 Å². The van der Waals surface area contributed by atoms with Gasteiger partial charge in [-0.15, -0.1) is 0 Å². The number of rotatable bonds is 4. The number of esters is 1. The summed E-state index contributed by atoms with van der Waals surface area (Å²) in [4.78, 5) is 36.8. The molecule has 1 atom stereocenters. The van der Waals surface area contributed by atoms with Gasteiger partial charge in [-0.2, -0.15) is 0 Å². The molecule has 1 aliphatic rings. The van der Waals surface area contributed by atoms with Crippen LogP contribution >= 0.6 is 0 Å². The Morgan fingerprint density at radius 1 is 1.12 bits per heavy atom. The topological polar surface area (TPSA) is 63.7 Å². The van der Waals surface area contributed by atoms with Crippen molar-refractivity contribution in [3.63, 3.8) is 0 Å². The Balaban J connectivity index is 2.09. The number of likely N-dealkylation sites (tertiary alicyclic amines) is 1. The van der Waals surface area contributed by atoms with E-state index in [0.717, 1.165) is 21.6 Å². The van der Waals surface area contributed by atoms with Crippen LogP contribution in [0.15, 0.2) is 12.1 Å². The van der Waals surface area contributed by atoms with Crippen LogP contribution in [0.3, 0.4) is 0 Å². The Hall–Kier alpha value is -2.17. The van der Waals surface area contributed by atoms with E-state index in [1.165, 1.54) is 12.5 Å². The number of hydrogen-bond donors (Lipinski definition) is 0. The first-order valence-electron chi connectivity index (χ1n) is 8.64. The summed E-state index contributed by atoms with van der Waals surface area (Å²) in [5, 5.41) is 0. The van der Waals surface area contributed by atoms with E-state index in [2.05, 4.69) is 32.9 Å². The first-order valence-corrected chi connectivity index (χ1v) is 8.64. The highest BCUT2D eigenvalue weighted by Gasteiger charge is 2.37. The molecule has 1 saturated heterocycles. The standard InChI is InChI=1S/C20H27NO4/c1-12-9-15(20(4,5)6)10-13(2)16(12)11-25-19(24)14(3)21-17(22)7-8-18(21)23/h9-10,14H,7-8,11H2,1-6H3. The van der Waals surface area contributed by atoms with Gasteiger partial charge in [-0.3, -0.25) is 14.5 Å². The predicted octanol–water partition coefficient (Wildman–Crippen LogP) is 3.18. The smallest absolute Gasteiger partial charge is 0.329 e. The average molecular weight is 345 g/mol. The summed E-state index contributed by atoms with van der Waals surface area (Å²) < 4.78 is 5.40. The summed E-state index contributed by atoms with van der Waals surface area (Å²) >= 11 is 0. The van der Waals surface area contributed by atoms with Gasteiger partial charge in [0.05, 0.1) is 0 Å². The van der Waals surface area contributed by atoms with Gasteiger partial charge in [0.2, 0.25) is 11.8 Å². The van der Waals surface area contributed by atoms with Gasteiger partial charge in [0.25, 0.3) is 0 Å². The molecule has 2 amide bonds. The van der Waals surface area contributed by atoms with Crippen molar-refractivity contribution in [2.45, 2.75) is 72.4 Å². The molecule has 1 aromatic carbocycles. The molecular formula is C20H27NO4. The lowest BCUT2D eigenvalue weighted by Crippen LogP contribution is -2.43. The van der Waals surface area contributed by atoms with Crippen molar-refractivity contribution in [2.24, 2.45) is 0 Å². The van der Waals surface area contributed by atoms with E-state index in [1.54, 1.807) is 0 Å². The van der Waals surface area contributed by atoms with Crippen LogP contribution in [-0.2, 0) is 31.1 Å².